The van der Waals surface area contributed by atoms with E-state index in [2.05, 4.69) is 10.6 Å². The fourth-order valence-corrected chi connectivity index (χ4v) is 7.48. The van der Waals surface area contributed by atoms with Gasteiger partial charge in [0.2, 0.25) is 5.91 Å². The highest BCUT2D eigenvalue weighted by Gasteiger charge is 2.59. The van der Waals surface area contributed by atoms with Gasteiger partial charge in [-0.05, 0) is 79.5 Å². The average molecular weight is 502 g/mol. The Morgan fingerprint density at radius 1 is 1.14 bits per heavy atom. The van der Waals surface area contributed by atoms with Gasteiger partial charge in [0.05, 0.1) is 6.54 Å². The standard InChI is InChI=1S/C27H36FN3O5/c1-16(2)5-22(24(33)34)30-25(35)36-27-10-17-6-18(11-27)9-26(8-17,15-27)29-12-23(32)31-13-19-3-4-21(28)7-20(19)14-31/h3-4,7,16-18,22,29H,5-6,8-15H2,1-2H3,(H,30,35)(H,33,34)/t17?,18?,22-,26?,27?/m0/s1. The van der Waals surface area contributed by atoms with Crippen molar-refractivity contribution in [2.45, 2.75) is 89.1 Å². The summed E-state index contributed by atoms with van der Waals surface area (Å²) in [6, 6.07) is 3.69. The Balaban J connectivity index is 1.21. The zero-order valence-corrected chi connectivity index (χ0v) is 21.0. The van der Waals surface area contributed by atoms with Crippen LogP contribution in [0.2, 0.25) is 0 Å². The molecule has 6 rings (SSSR count). The van der Waals surface area contributed by atoms with Crippen LogP contribution in [0.1, 0.15) is 69.9 Å². The molecule has 0 radical (unpaired) electrons. The summed E-state index contributed by atoms with van der Waals surface area (Å²) in [6.45, 7) is 4.92. The number of carbonyl (C=O) groups excluding carboxylic acids is 2. The van der Waals surface area contributed by atoms with E-state index in [1.165, 1.54) is 12.1 Å². The lowest BCUT2D eigenvalue weighted by atomic mass is 9.51. The molecule has 2 amide bonds. The number of hydrogen-bond acceptors (Lipinski definition) is 5. The number of carbonyl (C=O) groups is 3. The van der Waals surface area contributed by atoms with Gasteiger partial charge in [0, 0.05) is 25.0 Å². The first-order chi connectivity index (χ1) is 17.0. The summed E-state index contributed by atoms with van der Waals surface area (Å²) in [4.78, 5) is 39.2. The molecule has 1 aromatic rings. The quantitative estimate of drug-likeness (QED) is 0.503. The first-order valence-corrected chi connectivity index (χ1v) is 13.1. The van der Waals surface area contributed by atoms with Crippen LogP contribution >= 0.6 is 0 Å². The van der Waals surface area contributed by atoms with E-state index >= 15 is 0 Å². The first-order valence-electron chi connectivity index (χ1n) is 13.1. The van der Waals surface area contributed by atoms with Gasteiger partial charge in [-0.25, -0.2) is 14.0 Å². The molecule has 0 spiro atoms. The Morgan fingerprint density at radius 3 is 2.50 bits per heavy atom. The third-order valence-corrected chi connectivity index (χ3v) is 8.47. The molecule has 9 heteroatoms. The van der Waals surface area contributed by atoms with Crippen molar-refractivity contribution in [3.05, 3.63) is 35.1 Å². The number of nitrogens with one attached hydrogen (secondary N) is 2. The summed E-state index contributed by atoms with van der Waals surface area (Å²) < 4.78 is 19.6. The SMILES string of the molecule is CC(C)C[C@H](NC(=O)OC12CC3CC(CC(NCC(=O)N4Cc5ccc(F)cc5C4)(C3)C1)C2)C(=O)O. The van der Waals surface area contributed by atoms with Gasteiger partial charge < -0.3 is 25.4 Å². The molecular formula is C27H36FN3O5. The van der Waals surface area contributed by atoms with Crippen LogP contribution in [0.15, 0.2) is 18.2 Å². The molecule has 0 saturated heterocycles. The van der Waals surface area contributed by atoms with Gasteiger partial charge in [-0.2, -0.15) is 0 Å². The van der Waals surface area contributed by atoms with Crippen molar-refractivity contribution in [3.63, 3.8) is 0 Å². The molecule has 3 N–H and O–H groups in total. The fraction of sp³-hybridized carbons (Fsp3) is 0.667. The topological polar surface area (TPSA) is 108 Å². The van der Waals surface area contributed by atoms with Gasteiger partial charge >= 0.3 is 12.1 Å². The lowest BCUT2D eigenvalue weighted by Crippen LogP contribution is -2.66. The summed E-state index contributed by atoms with van der Waals surface area (Å²) in [7, 11) is 0. The fourth-order valence-electron chi connectivity index (χ4n) is 7.48. The number of amides is 2. The number of halogens is 1. The molecule has 2 unspecified atom stereocenters. The van der Waals surface area contributed by atoms with Gasteiger partial charge in [-0.15, -0.1) is 0 Å². The summed E-state index contributed by atoms with van der Waals surface area (Å²) in [6.07, 6.45) is 4.84. The maximum absolute atomic E-state index is 13.6. The highest BCUT2D eigenvalue weighted by atomic mass is 19.1. The van der Waals surface area contributed by atoms with E-state index in [4.69, 9.17) is 4.74 Å². The number of alkyl carbamates (subject to hydrolysis) is 1. The van der Waals surface area contributed by atoms with Crippen LogP contribution in [0.3, 0.4) is 0 Å². The number of nitrogens with zero attached hydrogens (tertiary/aromatic N) is 1. The molecule has 3 atom stereocenters. The lowest BCUT2D eigenvalue weighted by molar-refractivity contribution is -0.150. The third-order valence-electron chi connectivity index (χ3n) is 8.47. The number of benzene rings is 1. The zero-order valence-electron chi connectivity index (χ0n) is 21.0. The molecule has 1 aromatic carbocycles. The van der Waals surface area contributed by atoms with Crippen molar-refractivity contribution in [1.82, 2.24) is 15.5 Å². The Kier molecular flexibility index (Phi) is 6.47. The van der Waals surface area contributed by atoms with Crippen LogP contribution in [-0.2, 0) is 27.4 Å². The van der Waals surface area contributed by atoms with Crippen LogP contribution in [0.4, 0.5) is 9.18 Å². The monoisotopic (exact) mass is 501 g/mol. The molecule has 4 fully saturated rings. The molecule has 4 bridgehead atoms. The van der Waals surface area contributed by atoms with Crippen molar-refractivity contribution >= 4 is 18.0 Å². The minimum Gasteiger partial charge on any atom is -0.480 e. The second-order valence-electron chi connectivity index (χ2n) is 12.0. The van der Waals surface area contributed by atoms with Crippen LogP contribution in [0, 0.1) is 23.6 Å². The molecule has 1 heterocycles. The second-order valence-corrected chi connectivity index (χ2v) is 12.0. The van der Waals surface area contributed by atoms with Crippen LogP contribution in [0.25, 0.3) is 0 Å². The molecule has 4 aliphatic carbocycles. The number of carboxylic acids is 1. The maximum atomic E-state index is 13.6. The maximum Gasteiger partial charge on any atom is 0.408 e. The van der Waals surface area contributed by atoms with Crippen molar-refractivity contribution in [2.75, 3.05) is 6.54 Å². The van der Waals surface area contributed by atoms with Crippen molar-refractivity contribution in [3.8, 4) is 0 Å². The molecule has 0 aromatic heterocycles. The van der Waals surface area contributed by atoms with E-state index < -0.39 is 23.7 Å². The highest BCUT2D eigenvalue weighted by Crippen LogP contribution is 2.58. The molecule has 5 aliphatic rings. The smallest absolute Gasteiger partial charge is 0.408 e. The number of rotatable bonds is 8. The first kappa shape index (κ1) is 25.0. The largest absolute Gasteiger partial charge is 0.480 e. The van der Waals surface area contributed by atoms with Crippen molar-refractivity contribution < 1.29 is 28.6 Å². The molecule has 8 nitrogen and oxygen atoms in total. The number of ether oxygens (including phenoxy) is 1. The zero-order chi connectivity index (χ0) is 25.7. The Labute approximate surface area is 210 Å². The lowest BCUT2D eigenvalue weighted by Gasteiger charge is -2.61. The Bertz CT molecular complexity index is 1050. The van der Waals surface area contributed by atoms with Gasteiger partial charge in [-0.3, -0.25) is 4.79 Å². The third kappa shape index (κ3) is 5.08. The Morgan fingerprint density at radius 2 is 1.83 bits per heavy atom. The normalized spacial score (nSPS) is 30.8. The van der Waals surface area contributed by atoms with Crippen LogP contribution in [0.5, 0.6) is 0 Å². The number of fused-ring (bicyclic) bond motifs is 1. The van der Waals surface area contributed by atoms with Crippen LogP contribution < -0.4 is 10.6 Å². The van der Waals surface area contributed by atoms with E-state index in [1.54, 1.807) is 11.0 Å². The average Bonchev–Trinajstić information content (AvgIpc) is 3.18. The van der Waals surface area contributed by atoms with Gasteiger partial charge in [0.15, 0.2) is 0 Å². The number of hydrogen-bond donors (Lipinski definition) is 3. The van der Waals surface area contributed by atoms with E-state index in [0.29, 0.717) is 37.8 Å². The second kappa shape index (κ2) is 9.32. The predicted molar refractivity (Wildman–Crippen MR) is 129 cm³/mol. The van der Waals surface area contributed by atoms with E-state index in [-0.39, 0.29) is 29.7 Å². The minimum absolute atomic E-state index is 0.0203. The van der Waals surface area contributed by atoms with E-state index in [1.807, 2.05) is 13.8 Å². The number of aliphatic carboxylic acids is 1. The van der Waals surface area contributed by atoms with Gasteiger partial charge in [-0.1, -0.05) is 19.9 Å². The minimum atomic E-state index is -1.06. The molecule has 4 saturated carbocycles. The summed E-state index contributed by atoms with van der Waals surface area (Å²) in [5.74, 6) is -0.429. The Hall–Kier alpha value is -2.68. The summed E-state index contributed by atoms with van der Waals surface area (Å²) in [5, 5.41) is 15.6. The molecule has 1 aliphatic heterocycles. The summed E-state index contributed by atoms with van der Waals surface area (Å²) >= 11 is 0. The number of carboxylic acid groups (broad SMARTS) is 1. The molecule has 196 valence electrons. The van der Waals surface area contributed by atoms with Gasteiger partial charge in [0.1, 0.15) is 17.5 Å². The van der Waals surface area contributed by atoms with Crippen molar-refractivity contribution in [1.29, 1.82) is 0 Å². The summed E-state index contributed by atoms with van der Waals surface area (Å²) in [5.41, 5.74) is 0.929. The highest BCUT2D eigenvalue weighted by molar-refractivity contribution is 5.80. The van der Waals surface area contributed by atoms with Gasteiger partial charge in [0.25, 0.3) is 0 Å². The van der Waals surface area contributed by atoms with Crippen LogP contribution in [-0.4, -0.2) is 51.7 Å². The predicted octanol–water partition coefficient (Wildman–Crippen LogP) is 3.57. The van der Waals surface area contributed by atoms with E-state index in [0.717, 1.165) is 43.2 Å². The molecular weight excluding hydrogens is 465 g/mol. The van der Waals surface area contributed by atoms with Crippen molar-refractivity contribution in [2.24, 2.45) is 17.8 Å². The van der Waals surface area contributed by atoms with E-state index in [9.17, 15) is 23.9 Å². The molecule has 36 heavy (non-hydrogen) atoms.